The zero-order valence-corrected chi connectivity index (χ0v) is 11.9. The maximum Gasteiger partial charge on any atom is 0.0793 e. The fourth-order valence-electron chi connectivity index (χ4n) is 2.29. The number of hydrogen-bond donors (Lipinski definition) is 2. The van der Waals surface area contributed by atoms with Gasteiger partial charge < -0.3 is 14.9 Å². The molecule has 0 radical (unpaired) electrons. The van der Waals surface area contributed by atoms with Crippen molar-refractivity contribution < 1.29 is 14.9 Å². The summed E-state index contributed by atoms with van der Waals surface area (Å²) in [4.78, 5) is 4.32. The molecule has 0 amide bonds. The lowest BCUT2D eigenvalue weighted by Gasteiger charge is -2.32. The van der Waals surface area contributed by atoms with Crippen LogP contribution in [0.4, 0.5) is 0 Å². The molecule has 0 aromatic carbocycles. The third kappa shape index (κ3) is 6.66. The second-order valence-electron chi connectivity index (χ2n) is 5.71. The Morgan fingerprint density at radius 2 is 1.94 bits per heavy atom. The van der Waals surface area contributed by atoms with Crippen LogP contribution in [0, 0.1) is 0 Å². The predicted molar refractivity (Wildman–Crippen MR) is 71.7 cm³/mol. The summed E-state index contributed by atoms with van der Waals surface area (Å²) < 4.78 is 5.28. The van der Waals surface area contributed by atoms with E-state index in [1.165, 1.54) is 0 Å². The van der Waals surface area contributed by atoms with Gasteiger partial charge in [0.15, 0.2) is 0 Å². The number of aliphatic hydroxyl groups is 2. The first-order chi connectivity index (χ1) is 8.40. The van der Waals surface area contributed by atoms with E-state index in [0.717, 1.165) is 32.8 Å². The summed E-state index contributed by atoms with van der Waals surface area (Å²) in [5.74, 6) is 0. The minimum Gasteiger partial charge on any atom is -0.390 e. The van der Waals surface area contributed by atoms with Crippen molar-refractivity contribution in [2.24, 2.45) is 0 Å². The van der Waals surface area contributed by atoms with E-state index in [1.807, 2.05) is 6.92 Å². The molecule has 0 spiro atoms. The smallest absolute Gasteiger partial charge is 0.0793 e. The number of β-amino-alcohol motifs (C(OH)–C–C–N with tert-alkyl or cyclic N) is 1. The van der Waals surface area contributed by atoms with E-state index in [1.54, 1.807) is 13.8 Å². The normalized spacial score (nSPS) is 20.3. The fourth-order valence-corrected chi connectivity index (χ4v) is 2.29. The number of morpholine rings is 1. The van der Waals surface area contributed by atoms with E-state index >= 15 is 0 Å². The molecule has 1 saturated heterocycles. The van der Waals surface area contributed by atoms with E-state index in [-0.39, 0.29) is 6.10 Å². The summed E-state index contributed by atoms with van der Waals surface area (Å²) in [6.07, 6.45) is -0.370. The molecule has 1 aliphatic heterocycles. The summed E-state index contributed by atoms with van der Waals surface area (Å²) in [7, 11) is 0. The zero-order valence-electron chi connectivity index (χ0n) is 11.9. The first kappa shape index (κ1) is 15.9. The third-order valence-electron chi connectivity index (χ3n) is 3.10. The van der Waals surface area contributed by atoms with Gasteiger partial charge in [-0.1, -0.05) is 6.92 Å². The van der Waals surface area contributed by atoms with Crippen LogP contribution in [-0.2, 0) is 4.74 Å². The minimum atomic E-state index is -0.714. The van der Waals surface area contributed by atoms with Crippen molar-refractivity contribution in [2.45, 2.75) is 32.5 Å². The van der Waals surface area contributed by atoms with Gasteiger partial charge >= 0.3 is 0 Å². The molecule has 0 aromatic rings. The second-order valence-corrected chi connectivity index (χ2v) is 5.71. The average Bonchev–Trinajstić information content (AvgIpc) is 2.27. The lowest BCUT2D eigenvalue weighted by molar-refractivity contribution is -0.00635. The lowest BCUT2D eigenvalue weighted by Crippen LogP contribution is -2.47. The maximum absolute atomic E-state index is 10.1. The Hall–Kier alpha value is -0.200. The van der Waals surface area contributed by atoms with Crippen LogP contribution in [0.2, 0.25) is 0 Å². The van der Waals surface area contributed by atoms with Gasteiger partial charge in [-0.15, -0.1) is 0 Å². The van der Waals surface area contributed by atoms with Crippen LogP contribution in [0.25, 0.3) is 0 Å². The molecule has 5 nitrogen and oxygen atoms in total. The Morgan fingerprint density at radius 3 is 2.44 bits per heavy atom. The molecule has 18 heavy (non-hydrogen) atoms. The maximum atomic E-state index is 10.1. The van der Waals surface area contributed by atoms with Gasteiger partial charge in [0.2, 0.25) is 0 Å². The van der Waals surface area contributed by atoms with Gasteiger partial charge in [0.25, 0.3) is 0 Å². The lowest BCUT2D eigenvalue weighted by atomic mass is 10.1. The van der Waals surface area contributed by atoms with Gasteiger partial charge in [-0.3, -0.25) is 9.80 Å². The molecule has 1 aliphatic rings. The molecule has 1 heterocycles. The Balaban J connectivity index is 2.29. The van der Waals surface area contributed by atoms with E-state index in [2.05, 4.69) is 9.80 Å². The first-order valence-corrected chi connectivity index (χ1v) is 6.83. The standard InChI is InChI=1S/C13H28N2O3/c1-4-14(11-13(2,3)17)9-12(16)10-15-5-7-18-8-6-15/h12,16-17H,4-11H2,1-3H3. The predicted octanol–water partition coefficient (Wildman–Crippen LogP) is -0.228. The number of rotatable bonds is 7. The summed E-state index contributed by atoms with van der Waals surface area (Å²) >= 11 is 0. The van der Waals surface area contributed by atoms with Gasteiger partial charge in [0.1, 0.15) is 0 Å². The Kier molecular flexibility index (Phi) is 6.52. The minimum absolute atomic E-state index is 0.370. The summed E-state index contributed by atoms with van der Waals surface area (Å²) in [5.41, 5.74) is -0.714. The van der Waals surface area contributed by atoms with Gasteiger partial charge in [0.05, 0.1) is 24.9 Å². The monoisotopic (exact) mass is 260 g/mol. The molecule has 0 aromatic heterocycles. The molecule has 0 saturated carbocycles. The largest absolute Gasteiger partial charge is 0.390 e. The number of likely N-dealkylation sites (N-methyl/N-ethyl adjacent to an activating group) is 1. The topological polar surface area (TPSA) is 56.2 Å². The highest BCUT2D eigenvalue weighted by Crippen LogP contribution is 2.06. The van der Waals surface area contributed by atoms with Crippen LogP contribution in [0.3, 0.4) is 0 Å². The molecule has 2 N–H and O–H groups in total. The van der Waals surface area contributed by atoms with Crippen LogP contribution in [0.15, 0.2) is 0 Å². The van der Waals surface area contributed by atoms with Gasteiger partial charge in [-0.2, -0.15) is 0 Å². The number of ether oxygens (including phenoxy) is 1. The Labute approximate surface area is 110 Å². The van der Waals surface area contributed by atoms with E-state index in [4.69, 9.17) is 4.74 Å². The zero-order chi connectivity index (χ0) is 13.6. The highest BCUT2D eigenvalue weighted by Gasteiger charge is 2.21. The van der Waals surface area contributed by atoms with Crippen molar-refractivity contribution in [1.82, 2.24) is 9.80 Å². The molecule has 108 valence electrons. The summed E-state index contributed by atoms with van der Waals surface area (Å²) in [5, 5.41) is 19.9. The van der Waals surface area contributed by atoms with Gasteiger partial charge in [0, 0.05) is 32.7 Å². The van der Waals surface area contributed by atoms with Crippen molar-refractivity contribution in [2.75, 3.05) is 52.5 Å². The van der Waals surface area contributed by atoms with E-state index < -0.39 is 5.60 Å². The van der Waals surface area contributed by atoms with Gasteiger partial charge in [-0.25, -0.2) is 0 Å². The van der Waals surface area contributed by atoms with Crippen molar-refractivity contribution >= 4 is 0 Å². The van der Waals surface area contributed by atoms with Crippen molar-refractivity contribution in [3.05, 3.63) is 0 Å². The van der Waals surface area contributed by atoms with E-state index in [0.29, 0.717) is 19.6 Å². The number of nitrogens with zero attached hydrogens (tertiary/aromatic N) is 2. The van der Waals surface area contributed by atoms with Crippen molar-refractivity contribution in [1.29, 1.82) is 0 Å². The highest BCUT2D eigenvalue weighted by atomic mass is 16.5. The molecule has 1 unspecified atom stereocenters. The van der Waals surface area contributed by atoms with Crippen LogP contribution >= 0.6 is 0 Å². The number of hydrogen-bond acceptors (Lipinski definition) is 5. The fraction of sp³-hybridized carbons (Fsp3) is 1.00. The summed E-state index contributed by atoms with van der Waals surface area (Å²) in [6, 6.07) is 0. The van der Waals surface area contributed by atoms with E-state index in [9.17, 15) is 10.2 Å². The highest BCUT2D eigenvalue weighted by molar-refractivity contribution is 4.75. The molecule has 5 heteroatoms. The second kappa shape index (κ2) is 7.40. The van der Waals surface area contributed by atoms with Crippen LogP contribution in [0.1, 0.15) is 20.8 Å². The summed E-state index contributed by atoms with van der Waals surface area (Å²) in [6.45, 7) is 11.7. The molecule has 1 atom stereocenters. The van der Waals surface area contributed by atoms with Crippen LogP contribution in [-0.4, -0.2) is 84.2 Å². The average molecular weight is 260 g/mol. The van der Waals surface area contributed by atoms with Gasteiger partial charge in [-0.05, 0) is 20.4 Å². The molecule has 0 aliphatic carbocycles. The molecule has 1 fully saturated rings. The van der Waals surface area contributed by atoms with Crippen LogP contribution < -0.4 is 0 Å². The Morgan fingerprint density at radius 1 is 1.33 bits per heavy atom. The molecule has 0 bridgehead atoms. The quantitative estimate of drug-likeness (QED) is 0.662. The SMILES string of the molecule is CCN(CC(O)CN1CCOCC1)CC(C)(C)O. The molecular weight excluding hydrogens is 232 g/mol. The number of aliphatic hydroxyl groups excluding tert-OH is 1. The molecular formula is C13H28N2O3. The van der Waals surface area contributed by atoms with Crippen molar-refractivity contribution in [3.8, 4) is 0 Å². The molecule has 1 rings (SSSR count). The first-order valence-electron chi connectivity index (χ1n) is 6.83. The van der Waals surface area contributed by atoms with Crippen molar-refractivity contribution in [3.63, 3.8) is 0 Å². The van der Waals surface area contributed by atoms with Crippen LogP contribution in [0.5, 0.6) is 0 Å². The third-order valence-corrected chi connectivity index (χ3v) is 3.10. The Bertz CT molecular complexity index is 225.